The molecular weight excluding hydrogens is 325 g/mol. The number of carbonyl (C=O) groups is 1. The Morgan fingerprint density at radius 2 is 1.79 bits per heavy atom. The Bertz CT molecular complexity index is 784. The minimum Gasteiger partial charge on any atom is -0.322 e. The Hall–Kier alpha value is -3.16. The van der Waals surface area contributed by atoms with Crippen molar-refractivity contribution in [3.8, 4) is 0 Å². The molecule has 0 atom stereocenters. The van der Waals surface area contributed by atoms with Gasteiger partial charge in [-0.3, -0.25) is 14.9 Å². The van der Waals surface area contributed by atoms with Crippen LogP contribution in [0.1, 0.15) is 11.1 Å². The summed E-state index contributed by atoms with van der Waals surface area (Å²) in [5.41, 5.74) is -0.386. The van der Waals surface area contributed by atoms with Gasteiger partial charge in [-0.15, -0.1) is 0 Å². The van der Waals surface area contributed by atoms with Crippen molar-refractivity contribution in [2.24, 2.45) is 0 Å². The Labute approximate surface area is 134 Å². The van der Waals surface area contributed by atoms with Crippen molar-refractivity contribution < 1.29 is 22.9 Å². The molecule has 1 amide bonds. The summed E-state index contributed by atoms with van der Waals surface area (Å²) >= 11 is 0. The fourth-order valence-corrected chi connectivity index (χ4v) is 1.84. The second-order valence-electron chi connectivity index (χ2n) is 4.75. The van der Waals surface area contributed by atoms with Crippen LogP contribution in [-0.2, 0) is 11.0 Å². The number of anilines is 1. The van der Waals surface area contributed by atoms with Crippen molar-refractivity contribution in [2.45, 2.75) is 6.18 Å². The molecule has 0 spiro atoms. The standard InChI is InChI=1S/C16H11F3N2O3/c17-16(18,19)12-2-1-3-13(10-12)20-15(22)9-6-11-4-7-14(8-5-11)21(23)24/h1-10H,(H,20,22)/b9-6+. The fourth-order valence-electron chi connectivity index (χ4n) is 1.84. The number of nitro benzene ring substituents is 1. The van der Waals surface area contributed by atoms with Crippen LogP contribution in [0.5, 0.6) is 0 Å². The van der Waals surface area contributed by atoms with Crippen LogP contribution >= 0.6 is 0 Å². The van der Waals surface area contributed by atoms with Crippen molar-refractivity contribution >= 4 is 23.4 Å². The second-order valence-corrected chi connectivity index (χ2v) is 4.75. The molecule has 0 radical (unpaired) electrons. The van der Waals surface area contributed by atoms with Gasteiger partial charge in [-0.1, -0.05) is 6.07 Å². The normalized spacial score (nSPS) is 11.5. The quantitative estimate of drug-likeness (QED) is 0.515. The number of alkyl halides is 3. The van der Waals surface area contributed by atoms with E-state index in [0.717, 1.165) is 18.2 Å². The highest BCUT2D eigenvalue weighted by Crippen LogP contribution is 2.30. The SMILES string of the molecule is O=C(/C=C/c1ccc([N+](=O)[O-])cc1)Nc1cccc(C(F)(F)F)c1. The van der Waals surface area contributed by atoms with Gasteiger partial charge in [0.05, 0.1) is 10.5 Å². The Balaban J connectivity index is 2.04. The molecule has 5 nitrogen and oxygen atoms in total. The van der Waals surface area contributed by atoms with Gasteiger partial charge in [0, 0.05) is 23.9 Å². The van der Waals surface area contributed by atoms with E-state index in [9.17, 15) is 28.1 Å². The van der Waals surface area contributed by atoms with Crippen LogP contribution < -0.4 is 5.32 Å². The van der Waals surface area contributed by atoms with Crippen molar-refractivity contribution in [2.75, 3.05) is 5.32 Å². The highest BCUT2D eigenvalue weighted by Gasteiger charge is 2.30. The lowest BCUT2D eigenvalue weighted by Crippen LogP contribution is -2.10. The number of rotatable bonds is 4. The van der Waals surface area contributed by atoms with E-state index in [1.807, 2.05) is 0 Å². The van der Waals surface area contributed by atoms with E-state index in [-0.39, 0.29) is 11.4 Å². The summed E-state index contributed by atoms with van der Waals surface area (Å²) in [6.07, 6.45) is -1.97. The summed E-state index contributed by atoms with van der Waals surface area (Å²) in [6.45, 7) is 0. The summed E-state index contributed by atoms with van der Waals surface area (Å²) in [7, 11) is 0. The first-order chi connectivity index (χ1) is 11.3. The topological polar surface area (TPSA) is 72.2 Å². The van der Waals surface area contributed by atoms with Crippen molar-refractivity contribution in [3.05, 3.63) is 75.8 Å². The van der Waals surface area contributed by atoms with Crippen LogP contribution in [0.15, 0.2) is 54.6 Å². The molecule has 0 unspecified atom stereocenters. The van der Waals surface area contributed by atoms with Gasteiger partial charge in [-0.2, -0.15) is 13.2 Å². The van der Waals surface area contributed by atoms with Gasteiger partial charge in [0.15, 0.2) is 0 Å². The van der Waals surface area contributed by atoms with Gasteiger partial charge < -0.3 is 5.32 Å². The lowest BCUT2D eigenvalue weighted by Gasteiger charge is -2.08. The van der Waals surface area contributed by atoms with Crippen molar-refractivity contribution in [1.82, 2.24) is 0 Å². The first-order valence-electron chi connectivity index (χ1n) is 6.66. The predicted molar refractivity (Wildman–Crippen MR) is 82.2 cm³/mol. The summed E-state index contributed by atoms with van der Waals surface area (Å²) in [6, 6.07) is 9.73. The highest BCUT2D eigenvalue weighted by atomic mass is 19.4. The molecule has 0 aliphatic carbocycles. The van der Waals surface area contributed by atoms with Crippen LogP contribution in [0.25, 0.3) is 6.08 Å². The van der Waals surface area contributed by atoms with Gasteiger partial charge in [0.25, 0.3) is 5.69 Å². The third kappa shape index (κ3) is 4.67. The van der Waals surface area contributed by atoms with E-state index >= 15 is 0 Å². The molecule has 24 heavy (non-hydrogen) atoms. The number of nitrogens with one attached hydrogen (secondary N) is 1. The summed E-state index contributed by atoms with van der Waals surface area (Å²) in [5.74, 6) is -0.618. The molecule has 0 heterocycles. The first kappa shape index (κ1) is 17.2. The Morgan fingerprint density at radius 3 is 2.38 bits per heavy atom. The third-order valence-electron chi connectivity index (χ3n) is 2.99. The van der Waals surface area contributed by atoms with Crippen LogP contribution in [0.3, 0.4) is 0 Å². The molecule has 0 aliphatic heterocycles. The van der Waals surface area contributed by atoms with Gasteiger partial charge in [0.1, 0.15) is 0 Å². The number of hydrogen-bond donors (Lipinski definition) is 1. The third-order valence-corrected chi connectivity index (χ3v) is 2.99. The first-order valence-corrected chi connectivity index (χ1v) is 6.66. The molecule has 124 valence electrons. The zero-order chi connectivity index (χ0) is 17.7. The molecule has 2 aromatic carbocycles. The highest BCUT2D eigenvalue weighted by molar-refractivity contribution is 6.01. The Kier molecular flexibility index (Phi) is 4.98. The number of halogens is 3. The smallest absolute Gasteiger partial charge is 0.322 e. The van der Waals surface area contributed by atoms with Crippen molar-refractivity contribution in [1.29, 1.82) is 0 Å². The molecule has 0 fully saturated rings. The number of carbonyl (C=O) groups excluding carboxylic acids is 1. The lowest BCUT2D eigenvalue weighted by atomic mass is 10.2. The van der Waals surface area contributed by atoms with Gasteiger partial charge in [-0.05, 0) is 42.0 Å². The largest absolute Gasteiger partial charge is 0.416 e. The zero-order valence-corrected chi connectivity index (χ0v) is 12.1. The molecule has 1 N–H and O–H groups in total. The molecule has 0 saturated carbocycles. The van der Waals surface area contributed by atoms with E-state index in [4.69, 9.17) is 0 Å². The van der Waals surface area contributed by atoms with E-state index in [1.165, 1.54) is 42.5 Å². The number of amides is 1. The summed E-state index contributed by atoms with van der Waals surface area (Å²) in [4.78, 5) is 21.7. The monoisotopic (exact) mass is 336 g/mol. The molecule has 0 saturated heterocycles. The second kappa shape index (κ2) is 6.95. The van der Waals surface area contributed by atoms with Gasteiger partial charge in [0.2, 0.25) is 5.91 Å². The predicted octanol–water partition coefficient (Wildman–Crippen LogP) is 4.27. The maximum Gasteiger partial charge on any atom is 0.416 e. The van der Waals surface area contributed by atoms with E-state index < -0.39 is 22.6 Å². The fraction of sp³-hybridized carbons (Fsp3) is 0.0625. The number of benzene rings is 2. The minimum absolute atomic E-state index is 0.0168. The number of hydrogen-bond acceptors (Lipinski definition) is 3. The maximum atomic E-state index is 12.6. The van der Waals surface area contributed by atoms with E-state index in [1.54, 1.807) is 0 Å². The molecule has 0 aliphatic rings. The molecule has 0 bridgehead atoms. The average molecular weight is 336 g/mol. The maximum absolute atomic E-state index is 12.6. The summed E-state index contributed by atoms with van der Waals surface area (Å²) < 4.78 is 37.8. The number of nitrogens with zero attached hydrogens (tertiary/aromatic N) is 1. The average Bonchev–Trinajstić information content (AvgIpc) is 2.53. The van der Waals surface area contributed by atoms with Gasteiger partial charge in [-0.25, -0.2) is 0 Å². The zero-order valence-electron chi connectivity index (χ0n) is 12.1. The molecular formula is C16H11F3N2O3. The molecule has 2 aromatic rings. The molecule has 8 heteroatoms. The van der Waals surface area contributed by atoms with Crippen molar-refractivity contribution in [3.63, 3.8) is 0 Å². The van der Waals surface area contributed by atoms with E-state index in [2.05, 4.69) is 5.32 Å². The van der Waals surface area contributed by atoms with Crippen LogP contribution in [-0.4, -0.2) is 10.8 Å². The van der Waals surface area contributed by atoms with Gasteiger partial charge >= 0.3 is 6.18 Å². The number of non-ortho nitro benzene ring substituents is 1. The van der Waals surface area contributed by atoms with Crippen LogP contribution in [0.4, 0.5) is 24.5 Å². The van der Waals surface area contributed by atoms with Crippen LogP contribution in [0.2, 0.25) is 0 Å². The molecule has 0 aromatic heterocycles. The summed E-state index contributed by atoms with van der Waals surface area (Å²) in [5, 5.41) is 12.8. The Morgan fingerprint density at radius 1 is 1.12 bits per heavy atom. The minimum atomic E-state index is -4.49. The van der Waals surface area contributed by atoms with E-state index in [0.29, 0.717) is 5.56 Å². The number of nitro groups is 1. The lowest BCUT2D eigenvalue weighted by molar-refractivity contribution is -0.384. The van der Waals surface area contributed by atoms with Crippen LogP contribution in [0, 0.1) is 10.1 Å². The molecule has 2 rings (SSSR count).